The molecule has 1 N–H and O–H groups in total. The summed E-state index contributed by atoms with van der Waals surface area (Å²) in [6.45, 7) is 4.09. The Morgan fingerprint density at radius 1 is 1.38 bits per heavy atom. The van der Waals surface area contributed by atoms with E-state index >= 15 is 0 Å². The van der Waals surface area contributed by atoms with Gasteiger partial charge in [0.1, 0.15) is 0 Å². The third-order valence-corrected chi connectivity index (χ3v) is 2.37. The minimum Gasteiger partial charge on any atom is -0.378 e. The number of benzene rings is 1. The summed E-state index contributed by atoms with van der Waals surface area (Å²) in [6.07, 6.45) is 0. The first kappa shape index (κ1) is 12.8. The van der Waals surface area contributed by atoms with Crippen molar-refractivity contribution in [2.45, 2.75) is 0 Å². The van der Waals surface area contributed by atoms with Gasteiger partial charge in [0.15, 0.2) is 0 Å². The predicted molar refractivity (Wildman–Crippen MR) is 71.2 cm³/mol. The van der Waals surface area contributed by atoms with Crippen LogP contribution in [0, 0.1) is 0 Å². The van der Waals surface area contributed by atoms with E-state index < -0.39 is 0 Å². The normalized spacial score (nSPS) is 9.69. The molecule has 0 aromatic heterocycles. The first-order valence-corrected chi connectivity index (χ1v) is 5.69. The Hall–Kier alpha value is -1.29. The molecule has 1 aromatic carbocycles. The zero-order valence-corrected chi connectivity index (χ0v) is 11.0. The van der Waals surface area contributed by atoms with E-state index in [9.17, 15) is 4.79 Å². The molecule has 86 valence electrons. The molecule has 4 heteroatoms. The third-order valence-electron chi connectivity index (χ3n) is 2.09. The van der Waals surface area contributed by atoms with Crippen LogP contribution < -0.4 is 10.2 Å². The van der Waals surface area contributed by atoms with Gasteiger partial charge in [-0.25, -0.2) is 0 Å². The van der Waals surface area contributed by atoms with Crippen molar-refractivity contribution in [2.75, 3.05) is 25.5 Å². The number of amides is 1. The Morgan fingerprint density at radius 3 is 2.38 bits per heavy atom. The van der Waals surface area contributed by atoms with Crippen LogP contribution in [0.25, 0.3) is 0 Å². The van der Waals surface area contributed by atoms with Crippen molar-refractivity contribution in [3.05, 3.63) is 40.9 Å². The van der Waals surface area contributed by atoms with E-state index in [2.05, 4.69) is 27.8 Å². The number of nitrogens with zero attached hydrogens (tertiary/aromatic N) is 1. The van der Waals surface area contributed by atoms with Crippen molar-refractivity contribution in [3.8, 4) is 0 Å². The highest BCUT2D eigenvalue weighted by Crippen LogP contribution is 2.12. The molecule has 0 aliphatic heterocycles. The van der Waals surface area contributed by atoms with Gasteiger partial charge in [0.05, 0.1) is 0 Å². The van der Waals surface area contributed by atoms with Gasteiger partial charge in [-0.3, -0.25) is 4.79 Å². The van der Waals surface area contributed by atoms with Crippen LogP contribution in [-0.4, -0.2) is 26.5 Å². The summed E-state index contributed by atoms with van der Waals surface area (Å²) in [5.74, 6) is -0.0918. The number of rotatable bonds is 4. The molecule has 1 aromatic rings. The quantitative estimate of drug-likeness (QED) is 0.920. The minimum absolute atomic E-state index is 0.0918. The number of carbonyl (C=O) groups excluding carboxylic acids is 1. The highest BCUT2D eigenvalue weighted by atomic mass is 79.9. The van der Waals surface area contributed by atoms with E-state index in [1.54, 1.807) is 0 Å². The molecule has 0 saturated carbocycles. The average Bonchev–Trinajstić information content (AvgIpc) is 2.26. The molecule has 0 aliphatic rings. The van der Waals surface area contributed by atoms with Crippen molar-refractivity contribution in [1.29, 1.82) is 0 Å². The maximum atomic E-state index is 11.6. The SMILES string of the molecule is C=C(Br)CNC(=O)c1ccc(N(C)C)cc1. The Bertz CT molecular complexity index is 385. The van der Waals surface area contributed by atoms with Crippen molar-refractivity contribution in [1.82, 2.24) is 5.32 Å². The smallest absolute Gasteiger partial charge is 0.251 e. The van der Waals surface area contributed by atoms with Gasteiger partial charge in [-0.05, 0) is 24.3 Å². The number of nitrogens with one attached hydrogen (secondary N) is 1. The lowest BCUT2D eigenvalue weighted by atomic mass is 10.2. The van der Waals surface area contributed by atoms with E-state index in [1.165, 1.54) is 0 Å². The van der Waals surface area contributed by atoms with Crippen LogP contribution in [0.5, 0.6) is 0 Å². The van der Waals surface area contributed by atoms with Crippen LogP contribution in [-0.2, 0) is 0 Å². The molecule has 1 amide bonds. The van der Waals surface area contributed by atoms with Gasteiger partial charge >= 0.3 is 0 Å². The molecule has 0 fully saturated rings. The van der Waals surface area contributed by atoms with E-state index in [0.717, 1.165) is 10.2 Å². The van der Waals surface area contributed by atoms with E-state index in [4.69, 9.17) is 0 Å². The third kappa shape index (κ3) is 3.70. The van der Waals surface area contributed by atoms with Crippen molar-refractivity contribution in [2.24, 2.45) is 0 Å². The standard InChI is InChI=1S/C12H15BrN2O/c1-9(13)8-14-12(16)10-4-6-11(7-5-10)15(2)3/h4-7H,1,8H2,2-3H3,(H,14,16). The topological polar surface area (TPSA) is 32.3 Å². The van der Waals surface area contributed by atoms with Gasteiger partial charge in [0.2, 0.25) is 0 Å². The van der Waals surface area contributed by atoms with Crippen LogP contribution in [0.4, 0.5) is 5.69 Å². The molecule has 0 unspecified atom stereocenters. The van der Waals surface area contributed by atoms with Crippen molar-refractivity contribution in [3.63, 3.8) is 0 Å². The van der Waals surface area contributed by atoms with E-state index in [0.29, 0.717) is 12.1 Å². The number of hydrogen-bond donors (Lipinski definition) is 1. The van der Waals surface area contributed by atoms with Crippen molar-refractivity contribution < 1.29 is 4.79 Å². The van der Waals surface area contributed by atoms with Gasteiger partial charge in [-0.15, -0.1) is 0 Å². The van der Waals surface area contributed by atoms with Gasteiger partial charge in [-0.2, -0.15) is 0 Å². The second-order valence-electron chi connectivity index (χ2n) is 3.64. The largest absolute Gasteiger partial charge is 0.378 e. The van der Waals surface area contributed by atoms with Crippen LogP contribution in [0.3, 0.4) is 0 Å². The molecule has 0 aliphatic carbocycles. The minimum atomic E-state index is -0.0918. The lowest BCUT2D eigenvalue weighted by Gasteiger charge is -2.12. The lowest BCUT2D eigenvalue weighted by Crippen LogP contribution is -2.24. The molecule has 3 nitrogen and oxygen atoms in total. The molecule has 0 atom stereocenters. The first-order chi connectivity index (χ1) is 7.50. The Kier molecular flexibility index (Phi) is 4.55. The molecule has 0 saturated heterocycles. The van der Waals surface area contributed by atoms with E-state index in [-0.39, 0.29) is 5.91 Å². The number of carbonyl (C=O) groups is 1. The Balaban J connectivity index is 2.66. The van der Waals surface area contributed by atoms with Crippen molar-refractivity contribution >= 4 is 27.5 Å². The lowest BCUT2D eigenvalue weighted by molar-refractivity contribution is 0.0958. The summed E-state index contributed by atoms with van der Waals surface area (Å²) in [5.41, 5.74) is 1.72. The predicted octanol–water partition coefficient (Wildman–Crippen LogP) is 2.39. The summed E-state index contributed by atoms with van der Waals surface area (Å²) < 4.78 is 0.755. The maximum Gasteiger partial charge on any atom is 0.251 e. The summed E-state index contributed by atoms with van der Waals surface area (Å²) in [5, 5.41) is 2.75. The summed E-state index contributed by atoms with van der Waals surface area (Å²) in [7, 11) is 3.92. The zero-order valence-electron chi connectivity index (χ0n) is 9.46. The van der Waals surface area contributed by atoms with Crippen LogP contribution >= 0.6 is 15.9 Å². The summed E-state index contributed by atoms with van der Waals surface area (Å²) >= 11 is 3.19. The van der Waals surface area contributed by atoms with Gasteiger partial charge < -0.3 is 10.2 Å². The van der Waals surface area contributed by atoms with Gasteiger partial charge in [-0.1, -0.05) is 22.5 Å². The average molecular weight is 283 g/mol. The second kappa shape index (κ2) is 5.70. The van der Waals surface area contributed by atoms with Crippen LogP contribution in [0.15, 0.2) is 35.3 Å². The second-order valence-corrected chi connectivity index (χ2v) is 4.76. The van der Waals surface area contributed by atoms with Crippen LogP contribution in [0.2, 0.25) is 0 Å². The number of anilines is 1. The number of halogens is 1. The molecule has 0 spiro atoms. The molecule has 16 heavy (non-hydrogen) atoms. The first-order valence-electron chi connectivity index (χ1n) is 4.89. The summed E-state index contributed by atoms with van der Waals surface area (Å²) in [4.78, 5) is 13.6. The fourth-order valence-corrected chi connectivity index (χ4v) is 1.33. The molecule has 0 bridgehead atoms. The molecular weight excluding hydrogens is 268 g/mol. The number of hydrogen-bond acceptors (Lipinski definition) is 2. The summed E-state index contributed by atoms with van der Waals surface area (Å²) in [6, 6.07) is 7.44. The van der Waals surface area contributed by atoms with Gasteiger partial charge in [0.25, 0.3) is 5.91 Å². The molecule has 0 heterocycles. The molecule has 0 radical (unpaired) electrons. The zero-order chi connectivity index (χ0) is 12.1. The monoisotopic (exact) mass is 282 g/mol. The Morgan fingerprint density at radius 2 is 1.94 bits per heavy atom. The highest BCUT2D eigenvalue weighted by Gasteiger charge is 2.05. The Labute approximate surface area is 104 Å². The highest BCUT2D eigenvalue weighted by molar-refractivity contribution is 9.11. The van der Waals surface area contributed by atoms with E-state index in [1.807, 2.05) is 43.3 Å². The van der Waals surface area contributed by atoms with Crippen LogP contribution in [0.1, 0.15) is 10.4 Å². The molecule has 1 rings (SSSR count). The fourth-order valence-electron chi connectivity index (χ4n) is 1.19. The maximum absolute atomic E-state index is 11.6. The van der Waals surface area contributed by atoms with Gasteiger partial charge in [0, 0.05) is 36.4 Å². The molecular formula is C12H15BrN2O. The fraction of sp³-hybridized carbons (Fsp3) is 0.250.